The lowest BCUT2D eigenvalue weighted by molar-refractivity contribution is -0.238. The summed E-state index contributed by atoms with van der Waals surface area (Å²) in [4.78, 5) is 49.4. The van der Waals surface area contributed by atoms with Crippen LogP contribution in [0.25, 0.3) is 0 Å². The van der Waals surface area contributed by atoms with Crippen LogP contribution in [0, 0.1) is 39.9 Å². The van der Waals surface area contributed by atoms with Crippen molar-refractivity contribution in [2.75, 3.05) is 0 Å². The van der Waals surface area contributed by atoms with Gasteiger partial charge in [-0.1, -0.05) is 27.2 Å². The Kier molecular flexibility index (Phi) is 5.25. The van der Waals surface area contributed by atoms with Crippen molar-refractivity contribution in [1.82, 2.24) is 0 Å². The maximum absolute atomic E-state index is 13.0. The molecule has 1 saturated heterocycles. The molecule has 1 heterocycles. The largest absolute Gasteiger partial charge is 0.462 e. The monoisotopic (exact) mass is 434 g/mol. The molecule has 0 radical (unpaired) electrons. The molecule has 1 aliphatic heterocycles. The molecule has 0 unspecified atom stereocenters. The van der Waals surface area contributed by atoms with E-state index in [0.29, 0.717) is 12.8 Å². The lowest BCUT2D eigenvalue weighted by Crippen LogP contribution is -2.66. The molecule has 3 saturated carbocycles. The molecule has 8 atom stereocenters. The molecule has 0 aromatic rings. The molecule has 172 valence electrons. The van der Waals surface area contributed by atoms with Gasteiger partial charge >= 0.3 is 17.9 Å². The van der Waals surface area contributed by atoms with Crippen LogP contribution in [0.3, 0.4) is 0 Å². The Morgan fingerprint density at radius 1 is 1.06 bits per heavy atom. The summed E-state index contributed by atoms with van der Waals surface area (Å²) < 4.78 is 16.8. The number of carbonyl (C=O) groups excluding carboxylic acids is 4. The van der Waals surface area contributed by atoms with Crippen molar-refractivity contribution in [1.29, 1.82) is 0 Å². The van der Waals surface area contributed by atoms with Gasteiger partial charge in [0.2, 0.25) is 0 Å². The standard InChI is InChI=1S/C24H34O7/c1-13(26)29-16-11-24(12-25)17(23(5)10-6-9-22(3,4)19(16)23)8-7-15-18(24)21(30-14(2)27)31-20(15)28/h12,15-19,21H,6-11H2,1-5H3/t15-,16+,17-,18+,19+,21+,23-,24+/m1/s1. The second-order valence-electron chi connectivity index (χ2n) is 11.1. The van der Waals surface area contributed by atoms with Crippen LogP contribution in [0.5, 0.6) is 0 Å². The maximum atomic E-state index is 13.0. The highest BCUT2D eigenvalue weighted by atomic mass is 16.7. The van der Waals surface area contributed by atoms with Crippen LogP contribution < -0.4 is 0 Å². The molecule has 7 nitrogen and oxygen atoms in total. The summed E-state index contributed by atoms with van der Waals surface area (Å²) in [6, 6.07) is 0. The second kappa shape index (κ2) is 7.31. The fourth-order valence-corrected chi connectivity index (χ4v) is 8.31. The Balaban J connectivity index is 1.85. The number of hydrogen-bond donors (Lipinski definition) is 0. The number of cyclic esters (lactones) is 1. The van der Waals surface area contributed by atoms with Gasteiger partial charge in [0.15, 0.2) is 0 Å². The molecule has 4 aliphatic rings. The van der Waals surface area contributed by atoms with E-state index in [1.165, 1.54) is 13.8 Å². The van der Waals surface area contributed by atoms with E-state index in [-0.39, 0.29) is 28.6 Å². The van der Waals surface area contributed by atoms with Crippen molar-refractivity contribution in [3.8, 4) is 0 Å². The zero-order chi connectivity index (χ0) is 22.8. The van der Waals surface area contributed by atoms with Crippen LogP contribution in [0.2, 0.25) is 0 Å². The van der Waals surface area contributed by atoms with Crippen LogP contribution in [0.4, 0.5) is 0 Å². The van der Waals surface area contributed by atoms with Gasteiger partial charge in [-0.3, -0.25) is 14.4 Å². The highest BCUT2D eigenvalue weighted by molar-refractivity contribution is 5.78. The van der Waals surface area contributed by atoms with Crippen LogP contribution in [0.1, 0.15) is 73.1 Å². The van der Waals surface area contributed by atoms with Crippen LogP contribution in [-0.4, -0.2) is 36.6 Å². The molecule has 0 spiro atoms. The van der Waals surface area contributed by atoms with Crippen LogP contribution in [0.15, 0.2) is 0 Å². The smallest absolute Gasteiger partial charge is 0.312 e. The van der Waals surface area contributed by atoms with E-state index in [1.54, 1.807) is 0 Å². The van der Waals surface area contributed by atoms with E-state index in [4.69, 9.17) is 14.2 Å². The van der Waals surface area contributed by atoms with E-state index in [2.05, 4.69) is 20.8 Å². The molecule has 7 heteroatoms. The zero-order valence-electron chi connectivity index (χ0n) is 19.1. The Morgan fingerprint density at radius 2 is 1.74 bits per heavy atom. The van der Waals surface area contributed by atoms with Gasteiger partial charge in [0.05, 0.1) is 11.8 Å². The van der Waals surface area contributed by atoms with Gasteiger partial charge in [-0.05, 0) is 48.9 Å². The Morgan fingerprint density at radius 3 is 2.35 bits per heavy atom. The highest BCUT2D eigenvalue weighted by Gasteiger charge is 2.71. The number of ether oxygens (including phenoxy) is 3. The van der Waals surface area contributed by atoms with E-state index in [9.17, 15) is 19.2 Å². The number of carbonyl (C=O) groups is 4. The third-order valence-electron chi connectivity index (χ3n) is 8.93. The summed E-state index contributed by atoms with van der Waals surface area (Å²) in [5.74, 6) is -2.24. The average Bonchev–Trinajstić information content (AvgIpc) is 2.95. The molecule has 31 heavy (non-hydrogen) atoms. The van der Waals surface area contributed by atoms with Crippen molar-refractivity contribution in [2.24, 2.45) is 39.9 Å². The Bertz CT molecular complexity index is 804. The normalized spacial score (nSPS) is 45.4. The number of rotatable bonds is 3. The van der Waals surface area contributed by atoms with Gasteiger partial charge in [0.1, 0.15) is 12.4 Å². The van der Waals surface area contributed by atoms with Gasteiger partial charge in [-0.25, -0.2) is 0 Å². The topological polar surface area (TPSA) is 96.0 Å². The molecule has 0 aromatic heterocycles. The quantitative estimate of drug-likeness (QED) is 0.496. The first-order valence-electron chi connectivity index (χ1n) is 11.5. The molecule has 4 fully saturated rings. The minimum absolute atomic E-state index is 0.00249. The van der Waals surface area contributed by atoms with Crippen molar-refractivity contribution in [2.45, 2.75) is 85.5 Å². The van der Waals surface area contributed by atoms with E-state index >= 15 is 0 Å². The third-order valence-corrected chi connectivity index (χ3v) is 8.93. The molecule has 0 bridgehead atoms. The van der Waals surface area contributed by atoms with Crippen molar-refractivity contribution in [3.05, 3.63) is 0 Å². The third kappa shape index (κ3) is 3.21. The van der Waals surface area contributed by atoms with Gasteiger partial charge in [0, 0.05) is 25.2 Å². The second-order valence-corrected chi connectivity index (χ2v) is 11.1. The molecule has 0 amide bonds. The van der Waals surface area contributed by atoms with Gasteiger partial charge in [-0.2, -0.15) is 0 Å². The van der Waals surface area contributed by atoms with E-state index in [1.807, 2.05) is 0 Å². The summed E-state index contributed by atoms with van der Waals surface area (Å²) in [5.41, 5.74) is -1.23. The zero-order valence-corrected chi connectivity index (χ0v) is 19.1. The molecule has 0 N–H and O–H groups in total. The van der Waals surface area contributed by atoms with Crippen molar-refractivity contribution in [3.63, 3.8) is 0 Å². The van der Waals surface area contributed by atoms with E-state index < -0.39 is 41.6 Å². The Labute approximate surface area is 183 Å². The van der Waals surface area contributed by atoms with Crippen LogP contribution >= 0.6 is 0 Å². The van der Waals surface area contributed by atoms with Crippen LogP contribution in [-0.2, 0) is 33.4 Å². The first-order valence-corrected chi connectivity index (χ1v) is 11.5. The molecular formula is C24H34O7. The van der Waals surface area contributed by atoms with Gasteiger partial charge in [-0.15, -0.1) is 0 Å². The highest BCUT2D eigenvalue weighted by Crippen LogP contribution is 2.70. The van der Waals surface area contributed by atoms with Crippen molar-refractivity contribution < 1.29 is 33.4 Å². The SMILES string of the molecule is CC(=O)O[C@H]1OC(=O)[C@@H]2CC[C@@H]3[C@@]4(C)CCCC(C)(C)[C@@H]4[C@@H](OC(C)=O)C[C@@]3(C=O)[C@H]12. The van der Waals surface area contributed by atoms with Crippen molar-refractivity contribution >= 4 is 24.2 Å². The minimum atomic E-state index is -1.07. The molecule has 4 rings (SSSR count). The Hall–Kier alpha value is -1.92. The predicted octanol–water partition coefficient (Wildman–Crippen LogP) is 3.43. The number of hydrogen-bond acceptors (Lipinski definition) is 7. The van der Waals surface area contributed by atoms with Gasteiger partial charge < -0.3 is 19.0 Å². The number of fused-ring (bicyclic) bond motifs is 5. The minimum Gasteiger partial charge on any atom is -0.462 e. The molecule has 3 aliphatic carbocycles. The summed E-state index contributed by atoms with van der Waals surface area (Å²) in [7, 11) is 0. The first kappa shape index (κ1) is 22.3. The molecule has 0 aromatic carbocycles. The summed E-state index contributed by atoms with van der Waals surface area (Å²) >= 11 is 0. The molecular weight excluding hydrogens is 400 g/mol. The number of esters is 3. The van der Waals surface area contributed by atoms with Gasteiger partial charge in [0.25, 0.3) is 6.29 Å². The average molecular weight is 435 g/mol. The maximum Gasteiger partial charge on any atom is 0.312 e. The summed E-state index contributed by atoms with van der Waals surface area (Å²) in [6.07, 6.45) is 4.14. The first-order chi connectivity index (χ1) is 14.5. The summed E-state index contributed by atoms with van der Waals surface area (Å²) in [6.45, 7) is 9.37. The predicted molar refractivity (Wildman–Crippen MR) is 109 cm³/mol. The lowest BCUT2D eigenvalue weighted by atomic mass is 9.38. The van der Waals surface area contributed by atoms with E-state index in [0.717, 1.165) is 32.0 Å². The fraction of sp³-hybridized carbons (Fsp3) is 0.833. The number of aldehydes is 1. The summed E-state index contributed by atoms with van der Waals surface area (Å²) in [5, 5.41) is 0. The lowest BCUT2D eigenvalue weighted by Gasteiger charge is -2.66. The fourth-order valence-electron chi connectivity index (χ4n) is 8.31.